The van der Waals surface area contributed by atoms with Crippen LogP contribution in [0.5, 0.6) is 0 Å². The van der Waals surface area contributed by atoms with Crippen LogP contribution in [0.25, 0.3) is 10.8 Å². The summed E-state index contributed by atoms with van der Waals surface area (Å²) < 4.78 is 0. The number of nitrogens with zero attached hydrogens (tertiary/aromatic N) is 1. The Balaban J connectivity index is 2.69. The molecule has 0 aromatic heterocycles. The van der Waals surface area contributed by atoms with E-state index in [-0.39, 0.29) is 5.92 Å². The molecule has 0 amide bonds. The van der Waals surface area contributed by atoms with Gasteiger partial charge in [-0.2, -0.15) is 5.26 Å². The van der Waals surface area contributed by atoms with Gasteiger partial charge in [0.1, 0.15) is 0 Å². The molecule has 0 aliphatic carbocycles. The van der Waals surface area contributed by atoms with Gasteiger partial charge in [0.25, 0.3) is 0 Å². The maximum atomic E-state index is 12.9. The van der Waals surface area contributed by atoms with Gasteiger partial charge < -0.3 is 5.11 Å². The van der Waals surface area contributed by atoms with Gasteiger partial charge in [0.05, 0.1) is 11.5 Å². The van der Waals surface area contributed by atoms with Crippen LogP contribution < -0.4 is 0 Å². The quantitative estimate of drug-likeness (QED) is 0.494. The topological polar surface area (TPSA) is 61.1 Å². The molecule has 3 heteroatoms. The van der Waals surface area contributed by atoms with E-state index in [4.69, 9.17) is 0 Å². The lowest BCUT2D eigenvalue weighted by Gasteiger charge is -2.53. The zero-order valence-corrected chi connectivity index (χ0v) is 19.2. The van der Waals surface area contributed by atoms with Crippen LogP contribution in [-0.2, 0) is 10.2 Å². The first-order valence-electron chi connectivity index (χ1n) is 10.7. The Hall–Kier alpha value is -3.12. The maximum Gasteiger partial charge on any atom is 0.325 e. The molecular weight excluding hydrogens is 382 g/mol. The number of carboxylic acids is 1. The molecule has 31 heavy (non-hydrogen) atoms. The summed E-state index contributed by atoms with van der Waals surface area (Å²) in [5, 5.41) is 23.0. The Morgan fingerprint density at radius 2 is 1.42 bits per heavy atom. The number of carboxylic acid groups (broad SMARTS) is 1. The summed E-state index contributed by atoms with van der Waals surface area (Å²) >= 11 is 0. The minimum absolute atomic E-state index is 0.171. The van der Waals surface area contributed by atoms with E-state index in [1.807, 2.05) is 81.4 Å². The van der Waals surface area contributed by atoms with Crippen molar-refractivity contribution in [3.05, 3.63) is 83.4 Å². The first-order chi connectivity index (χ1) is 14.5. The van der Waals surface area contributed by atoms with E-state index in [2.05, 4.69) is 26.0 Å². The monoisotopic (exact) mass is 413 g/mol. The normalized spacial score (nSPS) is 15.8. The lowest BCUT2D eigenvalue weighted by molar-refractivity contribution is -0.150. The highest BCUT2D eigenvalue weighted by Crippen LogP contribution is 2.60. The summed E-state index contributed by atoms with van der Waals surface area (Å²) in [4.78, 5) is 12.9. The van der Waals surface area contributed by atoms with E-state index < -0.39 is 22.2 Å². The molecule has 3 nitrogen and oxygen atoms in total. The van der Waals surface area contributed by atoms with E-state index >= 15 is 0 Å². The second-order valence-corrected chi connectivity index (χ2v) is 9.81. The first kappa shape index (κ1) is 22.6. The molecule has 0 heterocycles. The average molecular weight is 414 g/mol. The molecular formula is C28H31NO2. The molecule has 0 aliphatic rings. The van der Waals surface area contributed by atoms with Crippen molar-refractivity contribution >= 4 is 16.7 Å². The molecule has 160 valence electrons. The maximum absolute atomic E-state index is 12.9. The lowest BCUT2D eigenvalue weighted by Crippen LogP contribution is -2.57. The zero-order valence-electron chi connectivity index (χ0n) is 19.2. The van der Waals surface area contributed by atoms with Crippen LogP contribution in [0.1, 0.15) is 64.2 Å². The van der Waals surface area contributed by atoms with E-state index in [1.54, 1.807) is 6.92 Å². The summed E-state index contributed by atoms with van der Waals surface area (Å²) in [7, 11) is 0. The highest BCUT2D eigenvalue weighted by Gasteiger charge is 2.63. The molecule has 3 aromatic rings. The number of fused-ring (bicyclic) bond motifs is 1. The smallest absolute Gasteiger partial charge is 0.325 e. The van der Waals surface area contributed by atoms with Gasteiger partial charge in [0.2, 0.25) is 0 Å². The van der Waals surface area contributed by atoms with E-state index in [1.165, 1.54) is 0 Å². The van der Waals surface area contributed by atoms with Crippen molar-refractivity contribution in [1.29, 1.82) is 5.26 Å². The van der Waals surface area contributed by atoms with Crippen LogP contribution >= 0.6 is 0 Å². The van der Waals surface area contributed by atoms with Gasteiger partial charge in [0.15, 0.2) is 5.41 Å². The van der Waals surface area contributed by atoms with Gasteiger partial charge in [-0.15, -0.1) is 0 Å². The van der Waals surface area contributed by atoms with Gasteiger partial charge in [-0.3, -0.25) is 4.79 Å². The van der Waals surface area contributed by atoms with Crippen LogP contribution in [0.3, 0.4) is 0 Å². The fourth-order valence-corrected chi connectivity index (χ4v) is 5.43. The fraction of sp³-hybridized carbons (Fsp3) is 0.357. The van der Waals surface area contributed by atoms with Crippen molar-refractivity contribution < 1.29 is 9.90 Å². The Morgan fingerprint density at radius 3 is 2.00 bits per heavy atom. The summed E-state index contributed by atoms with van der Waals surface area (Å²) in [5.74, 6) is -0.943. The highest BCUT2D eigenvalue weighted by atomic mass is 16.4. The molecule has 0 spiro atoms. The minimum Gasteiger partial charge on any atom is -0.480 e. The number of hydrogen-bond acceptors (Lipinski definition) is 2. The van der Waals surface area contributed by atoms with Gasteiger partial charge in [-0.1, -0.05) is 101 Å². The minimum atomic E-state index is -1.71. The molecule has 2 atom stereocenters. The Morgan fingerprint density at radius 1 is 0.871 bits per heavy atom. The Kier molecular flexibility index (Phi) is 5.72. The van der Waals surface area contributed by atoms with Crippen molar-refractivity contribution in [1.82, 2.24) is 0 Å². The summed E-state index contributed by atoms with van der Waals surface area (Å²) in [5.41, 5.74) is -0.570. The third-order valence-electron chi connectivity index (χ3n) is 6.71. The zero-order chi connectivity index (χ0) is 23.0. The molecule has 0 radical (unpaired) electrons. The standard InChI is InChI=1S/C28H31NO2/c1-19(2)21-14-9-10-16-23(21)28(26(3,4)5,27(6,18-29)25(30)31)24-17-11-13-20-12-7-8-15-22(20)24/h7-17,19H,1-6H3,(H,30,31)/t27-,28-/m0/s1. The van der Waals surface area contributed by atoms with Gasteiger partial charge in [0, 0.05) is 0 Å². The average Bonchev–Trinajstić information content (AvgIpc) is 2.73. The van der Waals surface area contributed by atoms with Gasteiger partial charge in [-0.05, 0) is 45.7 Å². The fourth-order valence-electron chi connectivity index (χ4n) is 5.43. The number of hydrogen-bond donors (Lipinski definition) is 1. The number of benzene rings is 3. The number of carbonyl (C=O) groups is 1. The predicted octanol–water partition coefficient (Wildman–Crippen LogP) is 6.91. The van der Waals surface area contributed by atoms with E-state index in [0.29, 0.717) is 0 Å². The molecule has 0 saturated carbocycles. The van der Waals surface area contributed by atoms with Gasteiger partial charge in [-0.25, -0.2) is 0 Å². The molecule has 0 fully saturated rings. The SMILES string of the molecule is CC(C)c1ccccc1[C@](c1cccc2ccccc12)(C(C)(C)C)[C@@](C)(C#N)C(=O)O. The van der Waals surface area contributed by atoms with Crippen LogP contribution in [0.2, 0.25) is 0 Å². The number of nitriles is 1. The van der Waals surface area contributed by atoms with Crippen LogP contribution in [0.4, 0.5) is 0 Å². The van der Waals surface area contributed by atoms with Crippen LogP contribution in [-0.4, -0.2) is 11.1 Å². The van der Waals surface area contributed by atoms with Crippen molar-refractivity contribution in [2.24, 2.45) is 10.8 Å². The molecule has 0 aliphatic heterocycles. The van der Waals surface area contributed by atoms with Crippen molar-refractivity contribution in [3.63, 3.8) is 0 Å². The summed E-state index contributed by atoms with van der Waals surface area (Å²) in [6, 6.07) is 24.3. The van der Waals surface area contributed by atoms with E-state index in [9.17, 15) is 15.2 Å². The highest BCUT2D eigenvalue weighted by molar-refractivity contribution is 5.91. The van der Waals surface area contributed by atoms with Crippen LogP contribution in [0, 0.1) is 22.2 Å². The predicted molar refractivity (Wildman–Crippen MR) is 126 cm³/mol. The van der Waals surface area contributed by atoms with Crippen molar-refractivity contribution in [3.8, 4) is 6.07 Å². The lowest BCUT2D eigenvalue weighted by atomic mass is 9.46. The van der Waals surface area contributed by atoms with E-state index in [0.717, 1.165) is 27.5 Å². The number of aliphatic carboxylic acids is 1. The Labute approximate surface area is 185 Å². The third-order valence-corrected chi connectivity index (χ3v) is 6.71. The largest absolute Gasteiger partial charge is 0.480 e. The molecule has 0 saturated heterocycles. The van der Waals surface area contributed by atoms with Gasteiger partial charge >= 0.3 is 5.97 Å². The van der Waals surface area contributed by atoms with Crippen molar-refractivity contribution in [2.45, 2.75) is 52.9 Å². The molecule has 1 N–H and O–H groups in total. The van der Waals surface area contributed by atoms with Crippen LogP contribution in [0.15, 0.2) is 66.7 Å². The first-order valence-corrected chi connectivity index (χ1v) is 10.7. The van der Waals surface area contributed by atoms with Crippen molar-refractivity contribution in [2.75, 3.05) is 0 Å². The third kappa shape index (κ3) is 3.22. The number of rotatable bonds is 5. The second kappa shape index (κ2) is 7.85. The molecule has 0 unspecified atom stereocenters. The molecule has 3 rings (SSSR count). The Bertz CT molecular complexity index is 1160. The summed E-state index contributed by atoms with van der Waals surface area (Å²) in [6.45, 7) is 11.9. The second-order valence-electron chi connectivity index (χ2n) is 9.81. The summed E-state index contributed by atoms with van der Waals surface area (Å²) in [6.07, 6.45) is 0. The molecule has 0 bridgehead atoms. The molecule has 3 aromatic carbocycles.